The third-order valence-corrected chi connectivity index (χ3v) is 4.39. The van der Waals surface area contributed by atoms with Crippen LogP contribution < -0.4 is 25.7 Å². The maximum Gasteiger partial charge on any atom is 0.266 e. The third-order valence-electron chi connectivity index (χ3n) is 4.39. The molecule has 0 aliphatic heterocycles. The first-order valence-corrected chi connectivity index (χ1v) is 8.82. The number of methoxy groups -OCH3 is 2. The van der Waals surface area contributed by atoms with Gasteiger partial charge >= 0.3 is 0 Å². The van der Waals surface area contributed by atoms with Crippen molar-refractivity contribution in [2.75, 3.05) is 19.5 Å². The molecule has 148 valence electrons. The number of nitrogens with one attached hydrogen (secondary N) is 2. The van der Waals surface area contributed by atoms with Gasteiger partial charge in [-0.2, -0.15) is 0 Å². The zero-order chi connectivity index (χ0) is 20.3. The number of hydrogen-bond donors (Lipinski definition) is 2. The summed E-state index contributed by atoms with van der Waals surface area (Å²) >= 11 is 0. The smallest absolute Gasteiger partial charge is 0.266 e. The van der Waals surface area contributed by atoms with Gasteiger partial charge in [0.1, 0.15) is 29.4 Å². The first kappa shape index (κ1) is 19.4. The van der Waals surface area contributed by atoms with E-state index in [1.807, 2.05) is 0 Å². The van der Waals surface area contributed by atoms with Gasteiger partial charge in [0.15, 0.2) is 0 Å². The lowest BCUT2D eigenvalue weighted by atomic mass is 10.2. The van der Waals surface area contributed by atoms with E-state index in [0.29, 0.717) is 23.0 Å². The Kier molecular flexibility index (Phi) is 5.62. The maximum absolute atomic E-state index is 12.7. The van der Waals surface area contributed by atoms with Crippen LogP contribution in [0.15, 0.2) is 29.2 Å². The molecular weight excluding hydrogens is 364 g/mol. The Morgan fingerprint density at radius 2 is 2.00 bits per heavy atom. The first-order chi connectivity index (χ1) is 13.4. The fourth-order valence-electron chi connectivity index (χ4n) is 2.64. The molecule has 3 rings (SSSR count). The summed E-state index contributed by atoms with van der Waals surface area (Å²) in [6.45, 7) is 1.32. The average Bonchev–Trinajstić information content (AvgIpc) is 3.49. The normalized spacial score (nSPS) is 13.0. The number of aromatic nitrogens is 2. The quantitative estimate of drug-likeness (QED) is 0.737. The van der Waals surface area contributed by atoms with Gasteiger partial charge in [-0.05, 0) is 31.9 Å². The second-order valence-corrected chi connectivity index (χ2v) is 6.47. The summed E-state index contributed by atoms with van der Waals surface area (Å²) in [5.74, 6) is 0.430. The molecule has 9 nitrogen and oxygen atoms in total. The molecule has 1 heterocycles. The van der Waals surface area contributed by atoms with E-state index in [2.05, 4.69) is 15.6 Å². The van der Waals surface area contributed by atoms with E-state index in [-0.39, 0.29) is 18.2 Å². The number of aryl methyl sites for hydroxylation is 1. The van der Waals surface area contributed by atoms with E-state index < -0.39 is 17.4 Å². The monoisotopic (exact) mass is 386 g/mol. The van der Waals surface area contributed by atoms with Gasteiger partial charge in [0.2, 0.25) is 5.91 Å². The molecule has 9 heteroatoms. The van der Waals surface area contributed by atoms with Crippen molar-refractivity contribution in [1.29, 1.82) is 0 Å². The molecule has 0 bridgehead atoms. The Labute approximate surface area is 161 Å². The standard InChI is InChI=1S/C19H22N4O5/c1-11-20-9-14(18(25)21-12-4-5-12)19(26)23(11)10-17(24)22-15-7-6-13(27-2)8-16(15)28-3/h6-9,12H,4-5,10H2,1-3H3,(H,21,25)(H,22,24). The molecule has 2 N–H and O–H groups in total. The average molecular weight is 386 g/mol. The maximum atomic E-state index is 12.7. The van der Waals surface area contributed by atoms with Gasteiger partial charge in [-0.1, -0.05) is 0 Å². The van der Waals surface area contributed by atoms with Gasteiger partial charge in [-0.15, -0.1) is 0 Å². The van der Waals surface area contributed by atoms with Crippen molar-refractivity contribution in [3.8, 4) is 11.5 Å². The van der Waals surface area contributed by atoms with Crippen LogP contribution in [0.3, 0.4) is 0 Å². The lowest BCUT2D eigenvalue weighted by molar-refractivity contribution is -0.116. The molecule has 1 aliphatic rings. The van der Waals surface area contributed by atoms with E-state index in [1.54, 1.807) is 25.1 Å². The molecule has 0 unspecified atom stereocenters. The van der Waals surface area contributed by atoms with Crippen molar-refractivity contribution in [2.45, 2.75) is 32.4 Å². The summed E-state index contributed by atoms with van der Waals surface area (Å²) in [5.41, 5.74) is -0.190. The minimum absolute atomic E-state index is 0.0765. The Hall–Kier alpha value is -3.36. The minimum atomic E-state index is -0.553. The molecule has 1 aromatic heterocycles. The fraction of sp³-hybridized carbons (Fsp3) is 0.368. The minimum Gasteiger partial charge on any atom is -0.497 e. The number of hydrogen-bond acceptors (Lipinski definition) is 6. The number of carbonyl (C=O) groups is 2. The van der Waals surface area contributed by atoms with E-state index in [0.717, 1.165) is 12.8 Å². The molecule has 1 saturated carbocycles. The predicted molar refractivity (Wildman–Crippen MR) is 102 cm³/mol. The van der Waals surface area contributed by atoms with Crippen LogP contribution in [0.4, 0.5) is 5.69 Å². The summed E-state index contributed by atoms with van der Waals surface area (Å²) in [4.78, 5) is 41.5. The van der Waals surface area contributed by atoms with E-state index in [4.69, 9.17) is 9.47 Å². The van der Waals surface area contributed by atoms with Crippen molar-refractivity contribution in [2.24, 2.45) is 0 Å². The van der Waals surface area contributed by atoms with Crippen molar-refractivity contribution < 1.29 is 19.1 Å². The number of nitrogens with zero attached hydrogens (tertiary/aromatic N) is 2. The van der Waals surface area contributed by atoms with Gasteiger partial charge in [0.05, 0.1) is 19.9 Å². The first-order valence-electron chi connectivity index (χ1n) is 8.82. The van der Waals surface area contributed by atoms with E-state index >= 15 is 0 Å². The van der Waals surface area contributed by atoms with Crippen LogP contribution in [0, 0.1) is 6.92 Å². The highest BCUT2D eigenvalue weighted by Gasteiger charge is 2.26. The topological polar surface area (TPSA) is 112 Å². The van der Waals surface area contributed by atoms with Crippen LogP contribution in [0.5, 0.6) is 11.5 Å². The highest BCUT2D eigenvalue weighted by molar-refractivity contribution is 5.94. The number of ether oxygens (including phenoxy) is 2. The van der Waals surface area contributed by atoms with Crippen LogP contribution in [0.25, 0.3) is 0 Å². The molecule has 28 heavy (non-hydrogen) atoms. The molecule has 0 atom stereocenters. The molecule has 0 spiro atoms. The van der Waals surface area contributed by atoms with Gasteiger partial charge < -0.3 is 20.1 Å². The molecule has 1 aromatic carbocycles. The van der Waals surface area contributed by atoms with Crippen LogP contribution in [0.2, 0.25) is 0 Å². The van der Waals surface area contributed by atoms with Gasteiger partial charge in [0, 0.05) is 18.3 Å². The van der Waals surface area contributed by atoms with Crippen molar-refractivity contribution >= 4 is 17.5 Å². The van der Waals surface area contributed by atoms with E-state index in [1.165, 1.54) is 25.0 Å². The highest BCUT2D eigenvalue weighted by Crippen LogP contribution is 2.29. The molecule has 1 aliphatic carbocycles. The Balaban J connectivity index is 1.78. The second kappa shape index (κ2) is 8.12. The zero-order valence-electron chi connectivity index (χ0n) is 15.9. The summed E-state index contributed by atoms with van der Waals surface area (Å²) in [7, 11) is 3.01. The van der Waals surface area contributed by atoms with Crippen LogP contribution in [-0.4, -0.2) is 41.6 Å². The van der Waals surface area contributed by atoms with Crippen molar-refractivity contribution in [1.82, 2.24) is 14.9 Å². The molecule has 2 amide bonds. The summed E-state index contributed by atoms with van der Waals surface area (Å²) < 4.78 is 11.6. The van der Waals surface area contributed by atoms with Crippen LogP contribution in [-0.2, 0) is 11.3 Å². The Morgan fingerprint density at radius 3 is 2.64 bits per heavy atom. The lowest BCUT2D eigenvalue weighted by Gasteiger charge is -2.14. The molecule has 0 saturated heterocycles. The van der Waals surface area contributed by atoms with Crippen molar-refractivity contribution in [3.05, 3.63) is 46.1 Å². The summed E-state index contributed by atoms with van der Waals surface area (Å²) in [5, 5.41) is 5.45. The molecule has 2 aromatic rings. The summed E-state index contributed by atoms with van der Waals surface area (Å²) in [6, 6.07) is 5.08. The molecular formula is C19H22N4O5. The number of amides is 2. The highest BCUT2D eigenvalue weighted by atomic mass is 16.5. The Bertz CT molecular complexity index is 965. The summed E-state index contributed by atoms with van der Waals surface area (Å²) in [6.07, 6.45) is 3.06. The predicted octanol–water partition coefficient (Wildman–Crippen LogP) is 1.10. The third kappa shape index (κ3) is 4.30. The van der Waals surface area contributed by atoms with Gasteiger partial charge in [-0.3, -0.25) is 19.0 Å². The number of anilines is 1. The zero-order valence-corrected chi connectivity index (χ0v) is 15.9. The van der Waals surface area contributed by atoms with Gasteiger partial charge in [-0.25, -0.2) is 4.98 Å². The van der Waals surface area contributed by atoms with Gasteiger partial charge in [0.25, 0.3) is 11.5 Å². The number of rotatable bonds is 7. The fourth-order valence-corrected chi connectivity index (χ4v) is 2.64. The second-order valence-electron chi connectivity index (χ2n) is 6.47. The Morgan fingerprint density at radius 1 is 1.25 bits per heavy atom. The van der Waals surface area contributed by atoms with Crippen LogP contribution >= 0.6 is 0 Å². The lowest BCUT2D eigenvalue weighted by Crippen LogP contribution is -2.37. The number of carbonyl (C=O) groups excluding carboxylic acids is 2. The SMILES string of the molecule is COc1ccc(NC(=O)Cn2c(C)ncc(C(=O)NC3CC3)c2=O)c(OC)c1. The van der Waals surface area contributed by atoms with Crippen LogP contribution in [0.1, 0.15) is 29.0 Å². The molecule has 0 radical (unpaired) electrons. The van der Waals surface area contributed by atoms with Crippen molar-refractivity contribution in [3.63, 3.8) is 0 Å². The molecule has 1 fully saturated rings. The largest absolute Gasteiger partial charge is 0.497 e. The number of benzene rings is 1. The van der Waals surface area contributed by atoms with E-state index in [9.17, 15) is 14.4 Å².